The first kappa shape index (κ1) is 16.7. The molecule has 3 nitrogen and oxygen atoms in total. The van der Waals surface area contributed by atoms with Crippen LogP contribution in [-0.2, 0) is 6.18 Å². The van der Waals surface area contributed by atoms with E-state index in [-0.39, 0.29) is 5.88 Å². The average Bonchev–Trinajstić information content (AvgIpc) is 2.62. The minimum absolute atomic E-state index is 0.0903. The predicted octanol–water partition coefficient (Wildman–Crippen LogP) is 5.60. The van der Waals surface area contributed by atoms with Gasteiger partial charge in [-0.3, -0.25) is 0 Å². The van der Waals surface area contributed by atoms with Crippen LogP contribution in [0.4, 0.5) is 13.2 Å². The summed E-state index contributed by atoms with van der Waals surface area (Å²) >= 11 is 0. The zero-order valence-electron chi connectivity index (χ0n) is 13.0. The van der Waals surface area contributed by atoms with Crippen molar-refractivity contribution in [3.63, 3.8) is 0 Å². The largest absolute Gasteiger partial charge is 0.439 e. The molecule has 1 aromatic carbocycles. The Balaban J connectivity index is 1.75. The molecule has 0 bridgehead atoms. The van der Waals surface area contributed by atoms with E-state index in [0.717, 1.165) is 29.2 Å². The second-order valence-corrected chi connectivity index (χ2v) is 5.16. The van der Waals surface area contributed by atoms with Gasteiger partial charge in [0.25, 0.3) is 0 Å². The highest BCUT2D eigenvalue weighted by Gasteiger charge is 2.30. The monoisotopic (exact) mass is 342 g/mol. The summed E-state index contributed by atoms with van der Waals surface area (Å²) in [6.07, 6.45) is -2.01. The van der Waals surface area contributed by atoms with Gasteiger partial charge in [-0.1, -0.05) is 12.6 Å². The Morgan fingerprint density at radius 2 is 1.72 bits per heavy atom. The van der Waals surface area contributed by atoms with Gasteiger partial charge in [-0.05, 0) is 48.5 Å². The van der Waals surface area contributed by atoms with E-state index in [9.17, 15) is 13.2 Å². The highest BCUT2D eigenvalue weighted by molar-refractivity contribution is 5.61. The number of pyridine rings is 2. The molecule has 0 radical (unpaired) electrons. The molecule has 0 spiro atoms. The van der Waals surface area contributed by atoms with Gasteiger partial charge in [0.1, 0.15) is 5.75 Å². The standard InChI is InChI=1S/C19H13F3N2O/c1-2-15-4-3-5-17(24-15)13-6-9-16(10-7-13)25-18-11-8-14(12-23-18)19(20,21)22/h2-12H,1H2. The maximum atomic E-state index is 12.5. The zero-order valence-corrected chi connectivity index (χ0v) is 13.0. The molecule has 0 saturated heterocycles. The van der Waals surface area contributed by atoms with Crippen molar-refractivity contribution in [1.29, 1.82) is 0 Å². The molecule has 0 amide bonds. The van der Waals surface area contributed by atoms with Crippen molar-refractivity contribution in [2.24, 2.45) is 0 Å². The Labute approximate surface area is 142 Å². The van der Waals surface area contributed by atoms with Gasteiger partial charge in [0.05, 0.1) is 17.0 Å². The van der Waals surface area contributed by atoms with Gasteiger partial charge in [-0.15, -0.1) is 0 Å². The van der Waals surface area contributed by atoms with Crippen molar-refractivity contribution >= 4 is 6.08 Å². The van der Waals surface area contributed by atoms with Crippen LogP contribution in [0.2, 0.25) is 0 Å². The number of hydrogen-bond acceptors (Lipinski definition) is 3. The first-order chi connectivity index (χ1) is 12.0. The van der Waals surface area contributed by atoms with Gasteiger partial charge in [0, 0.05) is 17.8 Å². The second-order valence-electron chi connectivity index (χ2n) is 5.16. The Morgan fingerprint density at radius 1 is 0.960 bits per heavy atom. The highest BCUT2D eigenvalue weighted by Crippen LogP contribution is 2.30. The first-order valence-electron chi connectivity index (χ1n) is 7.37. The molecule has 0 N–H and O–H groups in total. The van der Waals surface area contributed by atoms with Crippen molar-refractivity contribution < 1.29 is 17.9 Å². The SMILES string of the molecule is C=Cc1cccc(-c2ccc(Oc3ccc(C(F)(F)F)cn3)cc2)n1. The fourth-order valence-corrected chi connectivity index (χ4v) is 2.15. The Hall–Kier alpha value is -3.15. The average molecular weight is 342 g/mol. The summed E-state index contributed by atoms with van der Waals surface area (Å²) in [5, 5.41) is 0. The third-order valence-electron chi connectivity index (χ3n) is 3.42. The van der Waals surface area contributed by atoms with Gasteiger partial charge in [0.2, 0.25) is 5.88 Å². The molecule has 3 rings (SSSR count). The van der Waals surface area contributed by atoms with E-state index < -0.39 is 11.7 Å². The van der Waals surface area contributed by atoms with Crippen molar-refractivity contribution in [1.82, 2.24) is 9.97 Å². The van der Waals surface area contributed by atoms with Crippen LogP contribution in [0.1, 0.15) is 11.3 Å². The van der Waals surface area contributed by atoms with Crippen LogP contribution in [0.15, 0.2) is 67.4 Å². The molecule has 0 aliphatic heterocycles. The highest BCUT2D eigenvalue weighted by atomic mass is 19.4. The van der Waals surface area contributed by atoms with Crippen molar-refractivity contribution in [2.45, 2.75) is 6.18 Å². The topological polar surface area (TPSA) is 35.0 Å². The third-order valence-corrected chi connectivity index (χ3v) is 3.42. The Bertz CT molecular complexity index is 872. The maximum Gasteiger partial charge on any atom is 0.417 e. The number of hydrogen-bond donors (Lipinski definition) is 0. The predicted molar refractivity (Wildman–Crippen MR) is 89.1 cm³/mol. The molecule has 0 fully saturated rings. The van der Waals surface area contributed by atoms with Gasteiger partial charge in [-0.25, -0.2) is 9.97 Å². The van der Waals surface area contributed by atoms with E-state index >= 15 is 0 Å². The van der Waals surface area contributed by atoms with E-state index in [1.54, 1.807) is 18.2 Å². The van der Waals surface area contributed by atoms with Crippen molar-refractivity contribution in [3.05, 3.63) is 78.6 Å². The molecule has 0 aliphatic rings. The van der Waals surface area contributed by atoms with Crippen LogP contribution >= 0.6 is 0 Å². The summed E-state index contributed by atoms with van der Waals surface area (Å²) in [6, 6.07) is 14.8. The quantitative estimate of drug-likeness (QED) is 0.619. The Kier molecular flexibility index (Phi) is 4.52. The molecular formula is C19H13F3N2O. The van der Waals surface area contributed by atoms with Crippen LogP contribution < -0.4 is 4.74 Å². The summed E-state index contributed by atoms with van der Waals surface area (Å²) in [5.41, 5.74) is 1.63. The molecule has 126 valence electrons. The van der Waals surface area contributed by atoms with E-state index in [2.05, 4.69) is 16.5 Å². The fraction of sp³-hybridized carbons (Fsp3) is 0.0526. The lowest BCUT2D eigenvalue weighted by atomic mass is 10.1. The van der Waals surface area contributed by atoms with Crippen molar-refractivity contribution in [2.75, 3.05) is 0 Å². The molecule has 25 heavy (non-hydrogen) atoms. The summed E-state index contributed by atoms with van der Waals surface area (Å²) in [7, 11) is 0. The van der Waals surface area contributed by atoms with Crippen LogP contribution in [0.5, 0.6) is 11.6 Å². The van der Waals surface area contributed by atoms with Gasteiger partial charge >= 0.3 is 6.18 Å². The molecule has 0 aliphatic carbocycles. The van der Waals surface area contributed by atoms with E-state index in [4.69, 9.17) is 4.74 Å². The lowest BCUT2D eigenvalue weighted by Gasteiger charge is -2.08. The lowest BCUT2D eigenvalue weighted by Crippen LogP contribution is -2.05. The Morgan fingerprint density at radius 3 is 2.32 bits per heavy atom. The molecular weight excluding hydrogens is 329 g/mol. The van der Waals surface area contributed by atoms with Gasteiger partial charge in [-0.2, -0.15) is 13.2 Å². The number of ether oxygens (including phenoxy) is 1. The van der Waals surface area contributed by atoms with Crippen LogP contribution in [0.25, 0.3) is 17.3 Å². The van der Waals surface area contributed by atoms with Crippen molar-refractivity contribution in [3.8, 4) is 22.9 Å². The molecule has 3 aromatic rings. The zero-order chi connectivity index (χ0) is 17.9. The number of alkyl halides is 3. The minimum atomic E-state index is -4.42. The second kappa shape index (κ2) is 6.76. The van der Waals surface area contributed by atoms with Gasteiger partial charge in [0.15, 0.2) is 0 Å². The fourth-order valence-electron chi connectivity index (χ4n) is 2.15. The van der Waals surface area contributed by atoms with Crippen LogP contribution in [0.3, 0.4) is 0 Å². The smallest absolute Gasteiger partial charge is 0.417 e. The van der Waals surface area contributed by atoms with E-state index in [0.29, 0.717) is 5.75 Å². The molecule has 2 aromatic heterocycles. The maximum absolute atomic E-state index is 12.5. The summed E-state index contributed by atoms with van der Waals surface area (Å²) in [6.45, 7) is 3.69. The van der Waals surface area contributed by atoms with Crippen LogP contribution in [-0.4, -0.2) is 9.97 Å². The lowest BCUT2D eigenvalue weighted by molar-refractivity contribution is -0.137. The van der Waals surface area contributed by atoms with Gasteiger partial charge < -0.3 is 4.74 Å². The third kappa shape index (κ3) is 4.03. The minimum Gasteiger partial charge on any atom is -0.439 e. The van der Waals surface area contributed by atoms with E-state index in [1.807, 2.05) is 30.3 Å². The molecule has 0 unspecified atom stereocenters. The number of benzene rings is 1. The van der Waals surface area contributed by atoms with E-state index in [1.165, 1.54) is 6.07 Å². The first-order valence-corrected chi connectivity index (χ1v) is 7.37. The summed E-state index contributed by atoms with van der Waals surface area (Å²) in [4.78, 5) is 8.11. The molecule has 0 atom stereocenters. The van der Waals surface area contributed by atoms with Crippen LogP contribution in [0, 0.1) is 0 Å². The number of rotatable bonds is 4. The summed E-state index contributed by atoms with van der Waals surface area (Å²) in [5.74, 6) is 0.559. The molecule has 2 heterocycles. The normalized spacial score (nSPS) is 11.2. The number of halogens is 3. The summed E-state index contributed by atoms with van der Waals surface area (Å²) < 4.78 is 43.0. The molecule has 0 saturated carbocycles. The molecule has 6 heteroatoms. The number of nitrogens with zero attached hydrogens (tertiary/aromatic N) is 2. The number of aromatic nitrogens is 2.